The maximum absolute atomic E-state index is 13.4. The highest BCUT2D eigenvalue weighted by Crippen LogP contribution is 2.29. The number of para-hydroxylation sites is 2. The lowest BCUT2D eigenvalue weighted by Gasteiger charge is -2.36. The summed E-state index contributed by atoms with van der Waals surface area (Å²) < 4.78 is 32.7. The highest BCUT2D eigenvalue weighted by atomic mass is 32.1. The normalized spacial score (nSPS) is 13.6. The van der Waals surface area contributed by atoms with E-state index in [0.717, 1.165) is 40.7 Å². The van der Waals surface area contributed by atoms with Gasteiger partial charge in [0.25, 0.3) is 5.91 Å². The molecule has 1 aliphatic rings. The van der Waals surface area contributed by atoms with E-state index in [-0.39, 0.29) is 17.5 Å². The van der Waals surface area contributed by atoms with Crippen LogP contribution in [0.25, 0.3) is 0 Å². The van der Waals surface area contributed by atoms with Gasteiger partial charge in [-0.15, -0.1) is 11.3 Å². The fraction of sp³-hybridized carbons (Fsp3) is 0.290. The van der Waals surface area contributed by atoms with Gasteiger partial charge in [0.2, 0.25) is 0 Å². The fourth-order valence-electron chi connectivity index (χ4n) is 4.85. The van der Waals surface area contributed by atoms with Crippen LogP contribution < -0.4 is 9.64 Å². The number of carbonyl (C=O) groups excluding carboxylic acids is 1. The van der Waals surface area contributed by atoms with E-state index in [1.54, 1.807) is 24.3 Å². The van der Waals surface area contributed by atoms with Crippen molar-refractivity contribution in [3.8, 4) is 5.75 Å². The molecule has 0 atom stereocenters. The average Bonchev–Trinajstić information content (AvgIpc) is 3.44. The Balaban J connectivity index is 1.23. The molecule has 0 aliphatic carbocycles. The lowest BCUT2D eigenvalue weighted by atomic mass is 10.1. The van der Waals surface area contributed by atoms with Crippen molar-refractivity contribution in [2.45, 2.75) is 26.6 Å². The summed E-state index contributed by atoms with van der Waals surface area (Å²) in [5.41, 5.74) is 3.42. The molecule has 9 heteroatoms. The van der Waals surface area contributed by atoms with Crippen molar-refractivity contribution < 1.29 is 18.3 Å². The number of anilines is 1. The van der Waals surface area contributed by atoms with Crippen molar-refractivity contribution in [3.05, 3.63) is 112 Å². The van der Waals surface area contributed by atoms with Crippen LogP contribution in [0.4, 0.5) is 14.5 Å². The summed E-state index contributed by atoms with van der Waals surface area (Å²) in [7, 11) is 0. The number of ether oxygens (including phenoxy) is 1. The Morgan fingerprint density at radius 3 is 2.08 bits per heavy atom. The number of halogens is 2. The van der Waals surface area contributed by atoms with E-state index in [0.29, 0.717) is 45.0 Å². The molecule has 0 spiro atoms. The summed E-state index contributed by atoms with van der Waals surface area (Å²) in [4.78, 5) is 24.2. The fourth-order valence-corrected chi connectivity index (χ4v) is 5.65. The topological polar surface area (TPSA) is 48.9 Å². The quantitative estimate of drug-likeness (QED) is 0.238. The minimum atomic E-state index is -0.281. The first-order valence-electron chi connectivity index (χ1n) is 13.4. The third-order valence-corrected chi connectivity index (χ3v) is 7.67. The van der Waals surface area contributed by atoms with Crippen molar-refractivity contribution in [2.24, 2.45) is 0 Å². The number of benzene rings is 3. The Morgan fingerprint density at radius 2 is 1.48 bits per heavy atom. The molecular weight excluding hydrogens is 530 g/mol. The van der Waals surface area contributed by atoms with E-state index < -0.39 is 0 Å². The number of thiazole rings is 1. The number of nitrogens with zero attached hydrogens (tertiary/aromatic N) is 4. The zero-order chi connectivity index (χ0) is 27.9. The lowest BCUT2D eigenvalue weighted by molar-refractivity contribution is 0.0741. The molecule has 6 nitrogen and oxygen atoms in total. The van der Waals surface area contributed by atoms with Gasteiger partial charge in [-0.05, 0) is 54.4 Å². The number of hydrogen-bond donors (Lipinski definition) is 0. The molecule has 5 rings (SSSR count). The Bertz CT molecular complexity index is 1360. The zero-order valence-electron chi connectivity index (χ0n) is 22.4. The monoisotopic (exact) mass is 562 g/mol. The van der Waals surface area contributed by atoms with Gasteiger partial charge in [-0.2, -0.15) is 0 Å². The van der Waals surface area contributed by atoms with Crippen LogP contribution in [-0.4, -0.2) is 53.5 Å². The van der Waals surface area contributed by atoms with E-state index in [1.807, 2.05) is 35.4 Å². The molecule has 0 radical (unpaired) electrons. The molecule has 4 aromatic rings. The van der Waals surface area contributed by atoms with Crippen molar-refractivity contribution >= 4 is 22.9 Å². The third-order valence-electron chi connectivity index (χ3n) is 6.84. The largest absolute Gasteiger partial charge is 0.492 e. The first-order valence-corrected chi connectivity index (χ1v) is 14.3. The molecule has 40 heavy (non-hydrogen) atoms. The predicted molar refractivity (Wildman–Crippen MR) is 154 cm³/mol. The third kappa shape index (κ3) is 7.03. The van der Waals surface area contributed by atoms with Crippen LogP contribution in [0.15, 0.2) is 78.2 Å². The number of piperazine rings is 1. The molecule has 0 bridgehead atoms. The molecule has 0 saturated carbocycles. The van der Waals surface area contributed by atoms with Gasteiger partial charge in [0, 0.05) is 44.6 Å². The second-order valence-electron chi connectivity index (χ2n) is 9.70. The average molecular weight is 563 g/mol. The summed E-state index contributed by atoms with van der Waals surface area (Å²) in [5, 5.41) is 2.64. The van der Waals surface area contributed by atoms with Crippen molar-refractivity contribution in [1.29, 1.82) is 0 Å². The Labute approximate surface area is 237 Å². The molecule has 3 aromatic carbocycles. The molecule has 1 saturated heterocycles. The van der Waals surface area contributed by atoms with E-state index in [2.05, 4.69) is 20.9 Å². The smallest absolute Gasteiger partial charge is 0.273 e. The second-order valence-corrected chi connectivity index (χ2v) is 10.6. The van der Waals surface area contributed by atoms with Gasteiger partial charge in [-0.25, -0.2) is 13.8 Å². The summed E-state index contributed by atoms with van der Waals surface area (Å²) in [6.07, 6.45) is 0. The second kappa shape index (κ2) is 13.0. The summed E-state index contributed by atoms with van der Waals surface area (Å²) in [6.45, 7) is 6.85. The van der Waals surface area contributed by atoms with Gasteiger partial charge in [-0.3, -0.25) is 9.69 Å². The van der Waals surface area contributed by atoms with Crippen molar-refractivity contribution in [2.75, 3.05) is 37.7 Å². The van der Waals surface area contributed by atoms with E-state index in [1.165, 1.54) is 35.6 Å². The first kappa shape index (κ1) is 27.7. The number of hydrogen-bond acceptors (Lipinski definition) is 6. The number of amides is 1. The minimum absolute atomic E-state index is 0.0659. The SMILES string of the molecule is CCOc1ccccc1N1CCN(C(=O)c2csc(CN(Cc3ccc(F)cc3)Cc3ccc(F)cc3)n2)CC1. The van der Waals surface area contributed by atoms with Gasteiger partial charge >= 0.3 is 0 Å². The van der Waals surface area contributed by atoms with Crippen LogP contribution in [0.1, 0.15) is 33.5 Å². The van der Waals surface area contributed by atoms with Crippen molar-refractivity contribution in [3.63, 3.8) is 0 Å². The summed E-state index contributed by atoms with van der Waals surface area (Å²) >= 11 is 1.45. The maximum atomic E-state index is 13.4. The Kier molecular flexibility index (Phi) is 9.03. The van der Waals surface area contributed by atoms with Crippen LogP contribution in [0.5, 0.6) is 5.75 Å². The standard InChI is InChI=1S/C31H32F2N4O2S/c1-2-39-29-6-4-3-5-28(29)36-15-17-37(18-16-36)31(38)27-22-40-30(34-27)21-35(19-23-7-11-25(32)12-8-23)20-24-9-13-26(33)14-10-24/h3-14,22H,2,15-21H2,1H3. The van der Waals surface area contributed by atoms with E-state index >= 15 is 0 Å². The predicted octanol–water partition coefficient (Wildman–Crippen LogP) is 5.98. The highest BCUT2D eigenvalue weighted by molar-refractivity contribution is 7.09. The lowest BCUT2D eigenvalue weighted by Crippen LogP contribution is -2.49. The van der Waals surface area contributed by atoms with Crippen molar-refractivity contribution in [1.82, 2.24) is 14.8 Å². The maximum Gasteiger partial charge on any atom is 0.273 e. The van der Waals surface area contributed by atoms with Gasteiger partial charge in [0.05, 0.1) is 18.8 Å². The molecule has 1 aromatic heterocycles. The van der Waals surface area contributed by atoms with Gasteiger partial charge in [0.15, 0.2) is 0 Å². The molecule has 0 unspecified atom stereocenters. The molecule has 0 N–H and O–H groups in total. The number of aromatic nitrogens is 1. The molecule has 1 fully saturated rings. The van der Waals surface area contributed by atoms with E-state index in [4.69, 9.17) is 4.74 Å². The molecule has 208 valence electrons. The van der Waals surface area contributed by atoms with E-state index in [9.17, 15) is 13.6 Å². The first-order chi connectivity index (χ1) is 19.5. The Morgan fingerprint density at radius 1 is 0.875 bits per heavy atom. The van der Waals surface area contributed by atoms with Crippen LogP contribution in [-0.2, 0) is 19.6 Å². The zero-order valence-corrected chi connectivity index (χ0v) is 23.2. The van der Waals surface area contributed by atoms with Gasteiger partial charge in [-0.1, -0.05) is 36.4 Å². The van der Waals surface area contributed by atoms with Gasteiger partial charge < -0.3 is 14.5 Å². The van der Waals surface area contributed by atoms with Crippen LogP contribution in [0, 0.1) is 11.6 Å². The summed E-state index contributed by atoms with van der Waals surface area (Å²) in [6, 6.07) is 20.8. The Hall–Kier alpha value is -3.82. The molecule has 1 aliphatic heterocycles. The van der Waals surface area contributed by atoms with Crippen LogP contribution in [0.2, 0.25) is 0 Å². The van der Waals surface area contributed by atoms with Crippen LogP contribution in [0.3, 0.4) is 0 Å². The summed E-state index contributed by atoms with van der Waals surface area (Å²) in [5.74, 6) is 0.233. The molecule has 1 amide bonds. The number of rotatable bonds is 10. The highest BCUT2D eigenvalue weighted by Gasteiger charge is 2.25. The minimum Gasteiger partial charge on any atom is -0.492 e. The number of carbonyl (C=O) groups is 1. The molecule has 2 heterocycles. The molecular formula is C31H32F2N4O2S. The van der Waals surface area contributed by atoms with Gasteiger partial charge in [0.1, 0.15) is 28.1 Å². The van der Waals surface area contributed by atoms with Crippen LogP contribution >= 0.6 is 11.3 Å².